The highest BCUT2D eigenvalue weighted by molar-refractivity contribution is 5.99. The van der Waals surface area contributed by atoms with Crippen molar-refractivity contribution in [2.24, 2.45) is 0 Å². The highest BCUT2D eigenvalue weighted by atomic mass is 19.1. The highest BCUT2D eigenvalue weighted by Crippen LogP contribution is 2.38. The maximum atomic E-state index is 12.1. The zero-order valence-corrected chi connectivity index (χ0v) is 25.7. The van der Waals surface area contributed by atoms with Gasteiger partial charge in [0.25, 0.3) is 11.5 Å². The number of aromatic nitrogens is 6. The Balaban J connectivity index is 0.000000373. The molecule has 0 radical (unpaired) electrons. The number of nitrogens with zero attached hydrogens (tertiary/aromatic N) is 3. The SMILES string of the molecule is CNC(=O)c1ccc(Nc2nc(OC3CCCC3)c3c(-c4ccc5nc(C)oc5c4)c[nH]c3n2)c(OC)c1.O=c1[nH]cc(F)c(=O)[nH]1. The molecule has 0 bridgehead atoms. The van der Waals surface area contributed by atoms with Crippen molar-refractivity contribution < 1.29 is 23.1 Å². The predicted molar refractivity (Wildman–Crippen MR) is 172 cm³/mol. The van der Waals surface area contributed by atoms with Crippen molar-refractivity contribution in [2.45, 2.75) is 38.7 Å². The van der Waals surface area contributed by atoms with E-state index in [4.69, 9.17) is 23.9 Å². The lowest BCUT2D eigenvalue weighted by Gasteiger charge is -2.16. The summed E-state index contributed by atoms with van der Waals surface area (Å²) in [6, 6.07) is 11.1. The van der Waals surface area contributed by atoms with Crippen LogP contribution in [0, 0.1) is 12.7 Å². The average Bonchev–Trinajstić information content (AvgIpc) is 3.82. The molecule has 47 heavy (non-hydrogen) atoms. The number of H-pyrrole nitrogens is 3. The molecule has 0 aliphatic heterocycles. The second-order valence-corrected chi connectivity index (χ2v) is 10.8. The number of halogens is 1. The number of anilines is 2. The largest absolute Gasteiger partial charge is 0.495 e. The molecule has 0 spiro atoms. The van der Waals surface area contributed by atoms with E-state index >= 15 is 0 Å². The molecular weight excluding hydrogens is 611 g/mol. The first-order valence-corrected chi connectivity index (χ1v) is 14.8. The first-order chi connectivity index (χ1) is 22.7. The van der Waals surface area contributed by atoms with Crippen LogP contribution in [-0.2, 0) is 0 Å². The maximum absolute atomic E-state index is 12.1. The summed E-state index contributed by atoms with van der Waals surface area (Å²) in [6.07, 6.45) is 6.98. The molecule has 14 nitrogen and oxygen atoms in total. The second kappa shape index (κ2) is 13.2. The Morgan fingerprint density at radius 2 is 1.85 bits per heavy atom. The highest BCUT2D eigenvalue weighted by Gasteiger charge is 2.23. The van der Waals surface area contributed by atoms with Crippen molar-refractivity contribution in [3.8, 4) is 22.8 Å². The van der Waals surface area contributed by atoms with Crippen LogP contribution in [-0.4, -0.2) is 56.1 Å². The smallest absolute Gasteiger partial charge is 0.325 e. The van der Waals surface area contributed by atoms with Gasteiger partial charge in [0.05, 0.1) is 18.2 Å². The molecule has 6 aromatic rings. The lowest BCUT2D eigenvalue weighted by atomic mass is 10.1. The molecule has 0 saturated heterocycles. The van der Waals surface area contributed by atoms with Crippen molar-refractivity contribution in [2.75, 3.05) is 19.5 Å². The molecule has 7 rings (SSSR count). The van der Waals surface area contributed by atoms with Crippen LogP contribution in [0.1, 0.15) is 41.9 Å². The fraction of sp³-hybridized carbons (Fsp3) is 0.250. The summed E-state index contributed by atoms with van der Waals surface area (Å²) in [4.78, 5) is 53.3. The maximum Gasteiger partial charge on any atom is 0.325 e. The van der Waals surface area contributed by atoms with Crippen LogP contribution in [0.3, 0.4) is 0 Å². The first-order valence-electron chi connectivity index (χ1n) is 14.8. The zero-order valence-electron chi connectivity index (χ0n) is 25.7. The standard InChI is InChI=1S/C28H28N6O4.C4H3FN2O2/c1-15-31-21-10-8-16(12-23(21)37-15)19-14-30-25-24(19)27(38-18-6-4-5-7-18)34-28(33-25)32-20-11-9-17(26(35)29-2)13-22(20)36-3;5-2-1-6-4(9)7-3(2)8/h8-14,18H,4-7H2,1-3H3,(H,29,35)(H2,30,32,33,34);1H,(H2,6,7,8,9). The summed E-state index contributed by atoms with van der Waals surface area (Å²) in [5, 5.41) is 6.67. The Labute approximate surface area is 265 Å². The van der Waals surface area contributed by atoms with Crippen LogP contribution >= 0.6 is 0 Å². The number of hydrogen-bond donors (Lipinski definition) is 5. The Kier molecular flexibility index (Phi) is 8.69. The third kappa shape index (κ3) is 6.68. The summed E-state index contributed by atoms with van der Waals surface area (Å²) >= 11 is 0. The Hall–Kier alpha value is -5.99. The van der Waals surface area contributed by atoms with Crippen molar-refractivity contribution in [1.29, 1.82) is 0 Å². The zero-order chi connectivity index (χ0) is 33.1. The molecule has 4 heterocycles. The molecule has 1 aliphatic carbocycles. The molecule has 0 atom stereocenters. The monoisotopic (exact) mass is 642 g/mol. The van der Waals surface area contributed by atoms with Gasteiger partial charge in [-0.1, -0.05) is 6.07 Å². The van der Waals surface area contributed by atoms with E-state index in [1.165, 1.54) is 0 Å². The van der Waals surface area contributed by atoms with Gasteiger partial charge in [-0.05, 0) is 61.6 Å². The number of oxazole rings is 1. The number of rotatable bonds is 7. The van der Waals surface area contributed by atoms with Crippen LogP contribution < -0.4 is 31.4 Å². The average molecular weight is 643 g/mol. The van der Waals surface area contributed by atoms with Crippen LogP contribution in [0.2, 0.25) is 0 Å². The second-order valence-electron chi connectivity index (χ2n) is 10.8. The van der Waals surface area contributed by atoms with E-state index in [-0.39, 0.29) is 12.0 Å². The number of carbonyl (C=O) groups is 1. The van der Waals surface area contributed by atoms with Gasteiger partial charge in [0.1, 0.15) is 23.0 Å². The van der Waals surface area contributed by atoms with Crippen LogP contribution in [0.4, 0.5) is 16.0 Å². The minimum atomic E-state index is -1.00. The number of aryl methyl sites for hydroxylation is 1. The molecule has 1 saturated carbocycles. The van der Waals surface area contributed by atoms with E-state index in [0.29, 0.717) is 46.6 Å². The van der Waals surface area contributed by atoms with Gasteiger partial charge in [0.15, 0.2) is 11.5 Å². The lowest BCUT2D eigenvalue weighted by molar-refractivity contribution is 0.0962. The van der Waals surface area contributed by atoms with Gasteiger partial charge in [-0.25, -0.2) is 9.78 Å². The van der Waals surface area contributed by atoms with Gasteiger partial charge < -0.3 is 34.5 Å². The topological polar surface area (TPSA) is 193 Å². The fourth-order valence-corrected chi connectivity index (χ4v) is 5.33. The van der Waals surface area contributed by atoms with E-state index in [9.17, 15) is 18.8 Å². The molecule has 1 aliphatic rings. The summed E-state index contributed by atoms with van der Waals surface area (Å²) in [5.74, 6) is 0.795. The summed E-state index contributed by atoms with van der Waals surface area (Å²) in [7, 11) is 3.14. The number of hydrogen-bond acceptors (Lipinski definition) is 10. The van der Waals surface area contributed by atoms with Crippen molar-refractivity contribution in [1.82, 2.24) is 35.2 Å². The Morgan fingerprint density at radius 3 is 2.57 bits per heavy atom. The quantitative estimate of drug-likeness (QED) is 0.163. The fourth-order valence-electron chi connectivity index (χ4n) is 5.33. The first kappa shape index (κ1) is 31.0. The Bertz CT molecular complexity index is 2200. The third-order valence-corrected chi connectivity index (χ3v) is 7.60. The van der Waals surface area contributed by atoms with Gasteiger partial charge in [0.2, 0.25) is 17.6 Å². The van der Waals surface area contributed by atoms with Crippen molar-refractivity contribution in [3.63, 3.8) is 0 Å². The van der Waals surface area contributed by atoms with Crippen LogP contribution in [0.5, 0.6) is 11.6 Å². The van der Waals surface area contributed by atoms with Crippen molar-refractivity contribution >= 4 is 39.7 Å². The number of carbonyl (C=O) groups excluding carboxylic acids is 1. The number of nitrogens with one attached hydrogen (secondary N) is 5. The number of fused-ring (bicyclic) bond motifs is 2. The minimum Gasteiger partial charge on any atom is -0.495 e. The molecule has 15 heteroatoms. The van der Waals surface area contributed by atoms with E-state index in [1.807, 2.05) is 36.3 Å². The van der Waals surface area contributed by atoms with E-state index in [2.05, 4.69) is 20.6 Å². The number of aromatic amines is 3. The van der Waals surface area contributed by atoms with Gasteiger partial charge in [-0.15, -0.1) is 0 Å². The van der Waals surface area contributed by atoms with Gasteiger partial charge in [-0.3, -0.25) is 14.6 Å². The molecule has 4 aromatic heterocycles. The number of amides is 1. The number of ether oxygens (including phenoxy) is 2. The summed E-state index contributed by atoms with van der Waals surface area (Å²) in [5.41, 5.74) is 3.45. The third-order valence-electron chi connectivity index (χ3n) is 7.60. The minimum absolute atomic E-state index is 0.101. The predicted octanol–water partition coefficient (Wildman–Crippen LogP) is 4.71. The normalized spacial score (nSPS) is 12.9. The molecule has 1 fully saturated rings. The molecule has 1 amide bonds. The number of methoxy groups -OCH3 is 1. The molecular formula is C32H31FN8O6. The van der Waals surface area contributed by atoms with E-state index in [1.54, 1.807) is 37.3 Å². The summed E-state index contributed by atoms with van der Waals surface area (Å²) < 4.78 is 29.7. The molecule has 5 N–H and O–H groups in total. The van der Waals surface area contributed by atoms with Gasteiger partial charge in [-0.2, -0.15) is 14.4 Å². The molecule has 2 aromatic carbocycles. The molecule has 242 valence electrons. The lowest BCUT2D eigenvalue weighted by Crippen LogP contribution is -2.23. The van der Waals surface area contributed by atoms with Crippen LogP contribution in [0.25, 0.3) is 33.3 Å². The van der Waals surface area contributed by atoms with Gasteiger partial charge in [0, 0.05) is 37.5 Å². The molecule has 0 unspecified atom stereocenters. The van der Waals surface area contributed by atoms with Gasteiger partial charge >= 0.3 is 5.69 Å². The van der Waals surface area contributed by atoms with Crippen molar-refractivity contribution in [3.05, 3.63) is 86.9 Å². The summed E-state index contributed by atoms with van der Waals surface area (Å²) in [6.45, 7) is 1.84. The number of benzene rings is 2. The van der Waals surface area contributed by atoms with E-state index in [0.717, 1.165) is 53.3 Å². The van der Waals surface area contributed by atoms with E-state index < -0.39 is 17.1 Å². The Morgan fingerprint density at radius 1 is 1.04 bits per heavy atom. The van der Waals surface area contributed by atoms with Crippen LogP contribution in [0.15, 0.2) is 62.8 Å².